The number of hydrogen-bond acceptors (Lipinski definition) is 2. The van der Waals surface area contributed by atoms with Crippen molar-refractivity contribution in [2.24, 2.45) is 4.99 Å². The topological polar surface area (TPSA) is 29.4 Å². The molecule has 0 aliphatic rings. The van der Waals surface area contributed by atoms with Crippen molar-refractivity contribution in [1.82, 2.24) is 0 Å². The molecule has 1 atom stereocenters. The molecule has 0 aliphatic heterocycles. The zero-order chi connectivity index (χ0) is 11.3. The third-order valence-corrected chi connectivity index (χ3v) is 2.38. The normalized spacial score (nSPS) is 11.6. The van der Waals surface area contributed by atoms with Gasteiger partial charge in [0.05, 0.1) is 6.04 Å². The first-order valence-electron chi connectivity index (χ1n) is 5.01. The predicted molar refractivity (Wildman–Crippen MR) is 62.3 cm³/mol. The van der Waals surface area contributed by atoms with Crippen LogP contribution < -0.4 is 0 Å². The van der Waals surface area contributed by atoms with Gasteiger partial charge in [-0.05, 0) is 24.5 Å². The summed E-state index contributed by atoms with van der Waals surface area (Å²) >= 11 is 0. The van der Waals surface area contributed by atoms with Crippen LogP contribution in [0.3, 0.4) is 0 Å². The fraction of sp³-hybridized carbons (Fsp3) is 0.308. The monoisotopic (exact) mass is 201 g/mol. The maximum absolute atomic E-state index is 10.2. The molecule has 0 aromatic heterocycles. The minimum Gasteiger partial charge on any atom is -0.211 e. The SMILES string of the molecule is C=C(C)c1ccc(C(CC)N=C=O)cc1. The predicted octanol–water partition coefficient (Wildman–Crippen LogP) is 3.51. The number of benzene rings is 1. The zero-order valence-electron chi connectivity index (χ0n) is 9.16. The summed E-state index contributed by atoms with van der Waals surface area (Å²) in [6.45, 7) is 7.84. The Morgan fingerprint density at radius 2 is 2.07 bits per heavy atom. The Labute approximate surface area is 90.4 Å². The molecule has 1 aromatic carbocycles. The van der Waals surface area contributed by atoms with Crippen molar-refractivity contribution >= 4 is 11.7 Å². The van der Waals surface area contributed by atoms with E-state index in [4.69, 9.17) is 0 Å². The fourth-order valence-electron chi connectivity index (χ4n) is 1.45. The molecule has 2 nitrogen and oxygen atoms in total. The summed E-state index contributed by atoms with van der Waals surface area (Å²) in [6, 6.07) is 7.90. The van der Waals surface area contributed by atoms with Gasteiger partial charge in [-0.1, -0.05) is 43.3 Å². The second-order valence-corrected chi connectivity index (χ2v) is 3.55. The van der Waals surface area contributed by atoms with E-state index in [0.29, 0.717) is 0 Å². The van der Waals surface area contributed by atoms with E-state index in [1.165, 1.54) is 0 Å². The summed E-state index contributed by atoms with van der Waals surface area (Å²) in [5, 5.41) is 0. The van der Waals surface area contributed by atoms with Crippen molar-refractivity contribution in [2.75, 3.05) is 0 Å². The lowest BCUT2D eigenvalue weighted by Crippen LogP contribution is -1.93. The van der Waals surface area contributed by atoms with E-state index in [2.05, 4.69) is 11.6 Å². The van der Waals surface area contributed by atoms with Gasteiger partial charge in [-0.3, -0.25) is 0 Å². The average molecular weight is 201 g/mol. The van der Waals surface area contributed by atoms with Gasteiger partial charge in [-0.25, -0.2) is 4.79 Å². The number of carbonyl (C=O) groups excluding carboxylic acids is 1. The zero-order valence-corrected chi connectivity index (χ0v) is 9.16. The second-order valence-electron chi connectivity index (χ2n) is 3.55. The lowest BCUT2D eigenvalue weighted by atomic mass is 10.0. The molecule has 0 N–H and O–H groups in total. The molecule has 0 saturated carbocycles. The molecule has 0 fully saturated rings. The summed E-state index contributed by atoms with van der Waals surface area (Å²) in [7, 11) is 0. The third-order valence-electron chi connectivity index (χ3n) is 2.38. The van der Waals surface area contributed by atoms with Crippen molar-refractivity contribution in [2.45, 2.75) is 26.3 Å². The van der Waals surface area contributed by atoms with Gasteiger partial charge >= 0.3 is 0 Å². The average Bonchev–Trinajstić information content (AvgIpc) is 2.26. The molecule has 0 amide bonds. The summed E-state index contributed by atoms with van der Waals surface area (Å²) in [5.41, 5.74) is 3.20. The Kier molecular flexibility index (Phi) is 4.02. The Bertz CT molecular complexity index is 386. The maximum Gasteiger partial charge on any atom is 0.235 e. The standard InChI is InChI=1S/C13H15NO/c1-4-13(14-9-15)12-7-5-11(6-8-12)10(2)3/h5-8,13H,2,4H2,1,3H3. The van der Waals surface area contributed by atoms with Crippen molar-refractivity contribution in [3.8, 4) is 0 Å². The van der Waals surface area contributed by atoms with E-state index in [9.17, 15) is 4.79 Å². The second kappa shape index (κ2) is 5.28. The number of isocyanates is 1. The van der Waals surface area contributed by atoms with Crippen LogP contribution in [-0.2, 0) is 4.79 Å². The Hall–Kier alpha value is -1.66. The molecule has 0 aliphatic carbocycles. The van der Waals surface area contributed by atoms with Gasteiger partial charge in [-0.15, -0.1) is 0 Å². The molecule has 0 spiro atoms. The van der Waals surface area contributed by atoms with Crippen LogP contribution in [0, 0.1) is 0 Å². The Morgan fingerprint density at radius 1 is 1.47 bits per heavy atom. The molecule has 1 rings (SSSR count). The van der Waals surface area contributed by atoms with Crippen LogP contribution in [0.1, 0.15) is 37.4 Å². The van der Waals surface area contributed by atoms with Crippen molar-refractivity contribution in [1.29, 1.82) is 0 Å². The molecule has 1 unspecified atom stereocenters. The summed E-state index contributed by atoms with van der Waals surface area (Å²) in [4.78, 5) is 14.0. The number of allylic oxidation sites excluding steroid dienone is 1. The molecule has 0 heterocycles. The molecular formula is C13H15NO. The molecule has 2 heteroatoms. The van der Waals surface area contributed by atoms with Gasteiger partial charge in [0, 0.05) is 0 Å². The maximum atomic E-state index is 10.2. The van der Waals surface area contributed by atoms with Crippen LogP contribution in [-0.4, -0.2) is 6.08 Å². The minimum absolute atomic E-state index is 0.0679. The van der Waals surface area contributed by atoms with Crippen LogP contribution in [0.4, 0.5) is 0 Å². The number of aliphatic imine (C=N–C) groups is 1. The first-order valence-corrected chi connectivity index (χ1v) is 5.01. The third kappa shape index (κ3) is 2.90. The van der Waals surface area contributed by atoms with Crippen LogP contribution in [0.15, 0.2) is 35.8 Å². The van der Waals surface area contributed by atoms with Crippen LogP contribution >= 0.6 is 0 Å². The summed E-state index contributed by atoms with van der Waals surface area (Å²) in [5.74, 6) is 0. The highest BCUT2D eigenvalue weighted by atomic mass is 16.1. The first-order chi connectivity index (χ1) is 7.19. The fourth-order valence-corrected chi connectivity index (χ4v) is 1.45. The minimum atomic E-state index is -0.0679. The number of rotatable bonds is 4. The molecule has 0 radical (unpaired) electrons. The lowest BCUT2D eigenvalue weighted by Gasteiger charge is -2.08. The van der Waals surface area contributed by atoms with E-state index in [0.717, 1.165) is 23.1 Å². The van der Waals surface area contributed by atoms with E-state index >= 15 is 0 Å². The largest absolute Gasteiger partial charge is 0.235 e. The van der Waals surface area contributed by atoms with Gasteiger partial charge in [0.1, 0.15) is 0 Å². The first kappa shape index (κ1) is 11.4. The molecule has 0 saturated heterocycles. The van der Waals surface area contributed by atoms with E-state index in [1.54, 1.807) is 6.08 Å². The van der Waals surface area contributed by atoms with E-state index < -0.39 is 0 Å². The van der Waals surface area contributed by atoms with Gasteiger partial charge < -0.3 is 0 Å². The summed E-state index contributed by atoms with van der Waals surface area (Å²) in [6.07, 6.45) is 2.42. The van der Waals surface area contributed by atoms with Gasteiger partial charge in [0.2, 0.25) is 6.08 Å². The number of hydrogen-bond donors (Lipinski definition) is 0. The summed E-state index contributed by atoms with van der Waals surface area (Å²) < 4.78 is 0. The van der Waals surface area contributed by atoms with Crippen LogP contribution in [0.25, 0.3) is 5.57 Å². The molecule has 78 valence electrons. The molecular weight excluding hydrogens is 186 g/mol. The van der Waals surface area contributed by atoms with Gasteiger partial charge in [0.25, 0.3) is 0 Å². The Morgan fingerprint density at radius 3 is 2.47 bits per heavy atom. The highest BCUT2D eigenvalue weighted by molar-refractivity contribution is 5.61. The highest BCUT2D eigenvalue weighted by Gasteiger charge is 2.06. The number of nitrogens with zero attached hydrogens (tertiary/aromatic N) is 1. The van der Waals surface area contributed by atoms with Gasteiger partial charge in [0.15, 0.2) is 0 Å². The van der Waals surface area contributed by atoms with Gasteiger partial charge in [-0.2, -0.15) is 4.99 Å². The van der Waals surface area contributed by atoms with Crippen molar-refractivity contribution in [3.05, 3.63) is 42.0 Å². The van der Waals surface area contributed by atoms with Crippen LogP contribution in [0.5, 0.6) is 0 Å². The molecule has 15 heavy (non-hydrogen) atoms. The van der Waals surface area contributed by atoms with E-state index in [-0.39, 0.29) is 6.04 Å². The van der Waals surface area contributed by atoms with Crippen molar-refractivity contribution < 1.29 is 4.79 Å². The molecule has 1 aromatic rings. The smallest absolute Gasteiger partial charge is 0.211 e. The quantitative estimate of drug-likeness (QED) is 0.541. The Balaban J connectivity index is 2.96. The highest BCUT2D eigenvalue weighted by Crippen LogP contribution is 2.22. The van der Waals surface area contributed by atoms with Crippen molar-refractivity contribution in [3.63, 3.8) is 0 Å². The van der Waals surface area contributed by atoms with Crippen LogP contribution in [0.2, 0.25) is 0 Å². The van der Waals surface area contributed by atoms with E-state index in [1.807, 2.05) is 38.1 Å². The lowest BCUT2D eigenvalue weighted by molar-refractivity contribution is 0.556. The molecule has 0 bridgehead atoms.